The average Bonchev–Trinajstić information content (AvgIpc) is 2.46. The van der Waals surface area contributed by atoms with E-state index in [1.165, 1.54) is 0 Å². The average molecular weight is 243 g/mol. The highest BCUT2D eigenvalue weighted by Crippen LogP contribution is 2.18. The van der Waals surface area contributed by atoms with Gasteiger partial charge >= 0.3 is 0 Å². The monoisotopic (exact) mass is 243 g/mol. The van der Waals surface area contributed by atoms with Crippen molar-refractivity contribution in [2.45, 2.75) is 32.5 Å². The Bertz CT molecular complexity index is 450. The molecule has 1 aliphatic rings. The first-order valence-corrected chi connectivity index (χ1v) is 6.24. The molecule has 3 nitrogen and oxygen atoms in total. The molecule has 0 spiro atoms. The van der Waals surface area contributed by atoms with Crippen molar-refractivity contribution in [3.63, 3.8) is 0 Å². The van der Waals surface area contributed by atoms with Gasteiger partial charge in [-0.1, -0.05) is 12.1 Å². The number of benzene rings is 1. The summed E-state index contributed by atoms with van der Waals surface area (Å²) in [5.74, 6) is 0. The second kappa shape index (κ2) is 6.23. The van der Waals surface area contributed by atoms with Crippen LogP contribution >= 0.6 is 0 Å². The van der Waals surface area contributed by atoms with Crippen LogP contribution in [0.1, 0.15) is 37.3 Å². The van der Waals surface area contributed by atoms with Gasteiger partial charge in [0, 0.05) is 6.42 Å². The van der Waals surface area contributed by atoms with Crippen LogP contribution in [-0.4, -0.2) is 12.9 Å². The summed E-state index contributed by atoms with van der Waals surface area (Å²) < 4.78 is 11.1. The van der Waals surface area contributed by atoms with E-state index in [1.807, 2.05) is 31.2 Å². The molecule has 1 unspecified atom stereocenters. The maximum Gasteiger partial charge on any atom is 0.198 e. The van der Waals surface area contributed by atoms with E-state index in [2.05, 4.69) is 6.07 Å². The Morgan fingerprint density at radius 3 is 2.78 bits per heavy atom. The molecule has 0 aliphatic carbocycles. The van der Waals surface area contributed by atoms with Crippen LogP contribution in [0.5, 0.6) is 0 Å². The molecule has 1 heterocycles. The minimum absolute atomic E-state index is 0.105. The standard InChI is InChI=1S/C15H17NO2/c1-12(11-18-15-4-2-3-9-17-15)14-7-5-13(10-16)6-8-14/h5-8,11,15H,2-4,9H2,1H3/b12-11+. The molecule has 0 amide bonds. The number of nitriles is 1. The summed E-state index contributed by atoms with van der Waals surface area (Å²) in [6.45, 7) is 2.78. The third-order valence-corrected chi connectivity index (χ3v) is 3.00. The Hall–Kier alpha value is -1.79. The van der Waals surface area contributed by atoms with Crippen molar-refractivity contribution in [1.82, 2.24) is 0 Å². The molecule has 0 aromatic heterocycles. The second-order valence-electron chi connectivity index (χ2n) is 4.42. The van der Waals surface area contributed by atoms with E-state index < -0.39 is 0 Å². The Balaban J connectivity index is 1.96. The SMILES string of the molecule is C/C(=C\OC1CCCCO1)c1ccc(C#N)cc1. The predicted octanol–water partition coefficient (Wildman–Crippen LogP) is 3.46. The predicted molar refractivity (Wildman–Crippen MR) is 69.5 cm³/mol. The first kappa shape index (κ1) is 12.7. The fourth-order valence-electron chi connectivity index (χ4n) is 1.87. The van der Waals surface area contributed by atoms with Crippen LogP contribution in [0, 0.1) is 11.3 Å². The van der Waals surface area contributed by atoms with Crippen LogP contribution in [-0.2, 0) is 9.47 Å². The zero-order valence-electron chi connectivity index (χ0n) is 10.6. The fourth-order valence-corrected chi connectivity index (χ4v) is 1.87. The molecule has 1 aromatic carbocycles. The molecule has 1 atom stereocenters. The maximum absolute atomic E-state index is 8.73. The minimum Gasteiger partial charge on any atom is -0.472 e. The molecule has 1 fully saturated rings. The molecule has 0 radical (unpaired) electrons. The summed E-state index contributed by atoms with van der Waals surface area (Å²) in [6, 6.07) is 9.58. The van der Waals surface area contributed by atoms with E-state index in [0.29, 0.717) is 5.56 Å². The summed E-state index contributed by atoms with van der Waals surface area (Å²) in [4.78, 5) is 0. The number of hydrogen-bond acceptors (Lipinski definition) is 3. The Morgan fingerprint density at radius 2 is 2.17 bits per heavy atom. The summed E-state index contributed by atoms with van der Waals surface area (Å²) in [6.07, 6.45) is 4.88. The van der Waals surface area contributed by atoms with Crippen LogP contribution in [0.25, 0.3) is 5.57 Å². The molecule has 1 aromatic rings. The van der Waals surface area contributed by atoms with Gasteiger partial charge in [0.2, 0.25) is 0 Å². The fraction of sp³-hybridized carbons (Fsp3) is 0.400. The van der Waals surface area contributed by atoms with Gasteiger partial charge in [-0.15, -0.1) is 0 Å². The first-order valence-electron chi connectivity index (χ1n) is 6.24. The van der Waals surface area contributed by atoms with Gasteiger partial charge in [-0.05, 0) is 43.0 Å². The lowest BCUT2D eigenvalue weighted by molar-refractivity contribution is -0.129. The smallest absolute Gasteiger partial charge is 0.198 e. The molecule has 1 saturated heterocycles. The van der Waals surface area contributed by atoms with Crippen molar-refractivity contribution in [3.05, 3.63) is 41.7 Å². The minimum atomic E-state index is -0.105. The molecule has 18 heavy (non-hydrogen) atoms. The zero-order chi connectivity index (χ0) is 12.8. The lowest BCUT2D eigenvalue weighted by Crippen LogP contribution is -2.20. The molecule has 94 valence electrons. The highest BCUT2D eigenvalue weighted by molar-refractivity contribution is 5.63. The van der Waals surface area contributed by atoms with Crippen molar-refractivity contribution < 1.29 is 9.47 Å². The van der Waals surface area contributed by atoms with Crippen LogP contribution < -0.4 is 0 Å². The molecule has 0 bridgehead atoms. The summed E-state index contributed by atoms with van der Waals surface area (Å²) in [5.41, 5.74) is 2.77. The van der Waals surface area contributed by atoms with Gasteiger partial charge in [0.15, 0.2) is 6.29 Å². The van der Waals surface area contributed by atoms with E-state index in [-0.39, 0.29) is 6.29 Å². The number of hydrogen-bond donors (Lipinski definition) is 0. The summed E-state index contributed by atoms with van der Waals surface area (Å²) in [7, 11) is 0. The van der Waals surface area contributed by atoms with Gasteiger partial charge in [-0.25, -0.2) is 0 Å². The molecule has 3 heteroatoms. The maximum atomic E-state index is 8.73. The molecule has 2 rings (SSSR count). The van der Waals surface area contributed by atoms with Gasteiger partial charge in [0.25, 0.3) is 0 Å². The Kier molecular flexibility index (Phi) is 4.38. The van der Waals surface area contributed by atoms with E-state index in [0.717, 1.165) is 37.0 Å². The van der Waals surface area contributed by atoms with Crippen molar-refractivity contribution >= 4 is 5.57 Å². The van der Waals surface area contributed by atoms with Crippen molar-refractivity contribution in [2.75, 3.05) is 6.61 Å². The molecule has 0 saturated carbocycles. The van der Waals surface area contributed by atoms with Gasteiger partial charge in [0.1, 0.15) is 0 Å². The topological polar surface area (TPSA) is 42.2 Å². The number of nitrogens with zero attached hydrogens (tertiary/aromatic N) is 1. The summed E-state index contributed by atoms with van der Waals surface area (Å²) >= 11 is 0. The van der Waals surface area contributed by atoms with Gasteiger partial charge in [-0.3, -0.25) is 0 Å². The highest BCUT2D eigenvalue weighted by Gasteiger charge is 2.13. The van der Waals surface area contributed by atoms with Crippen molar-refractivity contribution in [2.24, 2.45) is 0 Å². The second-order valence-corrected chi connectivity index (χ2v) is 4.42. The van der Waals surface area contributed by atoms with Crippen LogP contribution in [0.4, 0.5) is 0 Å². The third-order valence-electron chi connectivity index (χ3n) is 3.00. The zero-order valence-corrected chi connectivity index (χ0v) is 10.6. The summed E-state index contributed by atoms with van der Waals surface area (Å²) in [5, 5.41) is 8.73. The van der Waals surface area contributed by atoms with Crippen molar-refractivity contribution in [3.8, 4) is 6.07 Å². The normalized spacial score (nSPS) is 20.2. The Morgan fingerprint density at radius 1 is 1.39 bits per heavy atom. The van der Waals surface area contributed by atoms with Crippen molar-refractivity contribution in [1.29, 1.82) is 5.26 Å². The molecular weight excluding hydrogens is 226 g/mol. The lowest BCUT2D eigenvalue weighted by Gasteiger charge is -2.22. The number of ether oxygens (including phenoxy) is 2. The van der Waals surface area contributed by atoms with Gasteiger partial charge in [0.05, 0.1) is 24.5 Å². The number of allylic oxidation sites excluding steroid dienone is 1. The largest absolute Gasteiger partial charge is 0.472 e. The van der Waals surface area contributed by atoms with Gasteiger partial charge in [-0.2, -0.15) is 5.26 Å². The Labute approximate surface area is 108 Å². The third kappa shape index (κ3) is 3.35. The lowest BCUT2D eigenvalue weighted by atomic mass is 10.1. The molecule has 1 aliphatic heterocycles. The molecule has 0 N–H and O–H groups in total. The first-order chi connectivity index (χ1) is 8.79. The van der Waals surface area contributed by atoms with Gasteiger partial charge < -0.3 is 9.47 Å². The number of rotatable bonds is 3. The van der Waals surface area contributed by atoms with E-state index in [1.54, 1.807) is 6.26 Å². The van der Waals surface area contributed by atoms with Crippen LogP contribution in [0.2, 0.25) is 0 Å². The van der Waals surface area contributed by atoms with E-state index in [4.69, 9.17) is 14.7 Å². The quantitative estimate of drug-likeness (QED) is 0.763. The highest BCUT2D eigenvalue weighted by atomic mass is 16.7. The van der Waals surface area contributed by atoms with E-state index in [9.17, 15) is 0 Å². The van der Waals surface area contributed by atoms with Crippen LogP contribution in [0.15, 0.2) is 30.5 Å². The van der Waals surface area contributed by atoms with Crippen LogP contribution in [0.3, 0.4) is 0 Å². The molecular formula is C15H17NO2. The van der Waals surface area contributed by atoms with E-state index >= 15 is 0 Å².